The predicted molar refractivity (Wildman–Crippen MR) is 69.6 cm³/mol. The molecule has 2 heteroatoms. The first-order chi connectivity index (χ1) is 7.68. The number of hydrogen-bond acceptors (Lipinski definition) is 1. The van der Waals surface area contributed by atoms with Crippen molar-refractivity contribution >= 4 is 21.7 Å². The summed E-state index contributed by atoms with van der Waals surface area (Å²) in [5.74, 6) is 0.0931. The molecular formula is C14H11BrO. The molecule has 2 rings (SSSR count). The molecule has 80 valence electrons. The van der Waals surface area contributed by atoms with E-state index in [-0.39, 0.29) is 5.78 Å². The Morgan fingerprint density at radius 1 is 1.06 bits per heavy atom. The Labute approximate surface area is 103 Å². The highest BCUT2D eigenvalue weighted by molar-refractivity contribution is 9.10. The Morgan fingerprint density at radius 3 is 2.50 bits per heavy atom. The summed E-state index contributed by atoms with van der Waals surface area (Å²) in [5, 5.41) is 0. The molecule has 0 fully saturated rings. The van der Waals surface area contributed by atoms with Crippen molar-refractivity contribution in [2.75, 3.05) is 0 Å². The van der Waals surface area contributed by atoms with Crippen molar-refractivity contribution < 1.29 is 4.79 Å². The van der Waals surface area contributed by atoms with Gasteiger partial charge < -0.3 is 0 Å². The summed E-state index contributed by atoms with van der Waals surface area (Å²) in [6, 6.07) is 15.6. The lowest BCUT2D eigenvalue weighted by Gasteiger charge is -2.07. The van der Waals surface area contributed by atoms with Crippen LogP contribution in [0.3, 0.4) is 0 Å². The molecule has 0 unspecified atom stereocenters. The Balaban J connectivity index is 2.60. The molecule has 0 aliphatic carbocycles. The Hall–Kier alpha value is -1.41. The van der Waals surface area contributed by atoms with Gasteiger partial charge in [-0.25, -0.2) is 0 Å². The van der Waals surface area contributed by atoms with Crippen LogP contribution < -0.4 is 0 Å². The van der Waals surface area contributed by atoms with Gasteiger partial charge in [0.05, 0.1) is 0 Å². The zero-order valence-corrected chi connectivity index (χ0v) is 10.5. The number of ketones is 1. The maximum atomic E-state index is 11.5. The van der Waals surface area contributed by atoms with E-state index in [2.05, 4.69) is 15.9 Å². The monoisotopic (exact) mass is 274 g/mol. The van der Waals surface area contributed by atoms with E-state index in [1.54, 1.807) is 6.92 Å². The van der Waals surface area contributed by atoms with E-state index in [1.165, 1.54) is 0 Å². The quantitative estimate of drug-likeness (QED) is 0.746. The van der Waals surface area contributed by atoms with Gasteiger partial charge in [-0.2, -0.15) is 0 Å². The zero-order chi connectivity index (χ0) is 11.5. The van der Waals surface area contributed by atoms with E-state index in [9.17, 15) is 4.79 Å². The van der Waals surface area contributed by atoms with Gasteiger partial charge in [0.2, 0.25) is 0 Å². The van der Waals surface area contributed by atoms with E-state index in [0.29, 0.717) is 0 Å². The van der Waals surface area contributed by atoms with Crippen molar-refractivity contribution in [3.05, 3.63) is 58.6 Å². The molecule has 0 amide bonds. The fourth-order valence-electron chi connectivity index (χ4n) is 1.70. The van der Waals surface area contributed by atoms with Crippen LogP contribution >= 0.6 is 15.9 Å². The van der Waals surface area contributed by atoms with Crippen molar-refractivity contribution in [3.8, 4) is 11.1 Å². The minimum Gasteiger partial charge on any atom is -0.294 e. The molecule has 16 heavy (non-hydrogen) atoms. The second kappa shape index (κ2) is 4.62. The molecule has 0 heterocycles. The highest BCUT2D eigenvalue weighted by Crippen LogP contribution is 2.26. The Morgan fingerprint density at radius 2 is 1.81 bits per heavy atom. The molecular weight excluding hydrogens is 264 g/mol. The first kappa shape index (κ1) is 11.1. The van der Waals surface area contributed by atoms with Crippen LogP contribution in [0.4, 0.5) is 0 Å². The lowest BCUT2D eigenvalue weighted by molar-refractivity contribution is 0.101. The fraction of sp³-hybridized carbons (Fsp3) is 0.0714. The number of benzene rings is 2. The van der Waals surface area contributed by atoms with Gasteiger partial charge in [0.1, 0.15) is 0 Å². The van der Waals surface area contributed by atoms with Gasteiger partial charge in [0, 0.05) is 10.0 Å². The molecule has 0 aliphatic rings. The summed E-state index contributed by atoms with van der Waals surface area (Å²) in [6.07, 6.45) is 0. The first-order valence-corrected chi connectivity index (χ1v) is 5.83. The van der Waals surface area contributed by atoms with Crippen molar-refractivity contribution in [2.24, 2.45) is 0 Å². The number of rotatable bonds is 2. The van der Waals surface area contributed by atoms with E-state index in [4.69, 9.17) is 0 Å². The topological polar surface area (TPSA) is 17.1 Å². The van der Waals surface area contributed by atoms with Gasteiger partial charge in [0.15, 0.2) is 5.78 Å². The van der Waals surface area contributed by atoms with Gasteiger partial charge in [-0.15, -0.1) is 0 Å². The summed E-state index contributed by atoms with van der Waals surface area (Å²) >= 11 is 3.44. The van der Waals surface area contributed by atoms with Gasteiger partial charge in [0.25, 0.3) is 0 Å². The predicted octanol–water partition coefficient (Wildman–Crippen LogP) is 4.32. The molecule has 0 atom stereocenters. The van der Waals surface area contributed by atoms with Crippen molar-refractivity contribution in [1.29, 1.82) is 0 Å². The summed E-state index contributed by atoms with van der Waals surface area (Å²) in [4.78, 5) is 11.5. The lowest BCUT2D eigenvalue weighted by atomic mass is 9.98. The van der Waals surface area contributed by atoms with Crippen molar-refractivity contribution in [3.63, 3.8) is 0 Å². The van der Waals surface area contributed by atoms with Crippen LogP contribution in [0.5, 0.6) is 0 Å². The minimum atomic E-state index is 0.0931. The third-order valence-corrected chi connectivity index (χ3v) is 2.94. The molecule has 0 radical (unpaired) electrons. The zero-order valence-electron chi connectivity index (χ0n) is 8.91. The minimum absolute atomic E-state index is 0.0931. The largest absolute Gasteiger partial charge is 0.294 e. The molecule has 2 aromatic rings. The highest BCUT2D eigenvalue weighted by atomic mass is 79.9. The van der Waals surface area contributed by atoms with Crippen LogP contribution in [0, 0.1) is 0 Å². The van der Waals surface area contributed by atoms with E-state index in [0.717, 1.165) is 21.2 Å². The van der Waals surface area contributed by atoms with E-state index >= 15 is 0 Å². The summed E-state index contributed by atoms with van der Waals surface area (Å²) in [5.41, 5.74) is 2.80. The second-order valence-electron chi connectivity index (χ2n) is 3.61. The summed E-state index contributed by atoms with van der Waals surface area (Å²) in [6.45, 7) is 1.59. The molecule has 2 aromatic carbocycles. The van der Waals surface area contributed by atoms with Gasteiger partial charge >= 0.3 is 0 Å². The average Bonchev–Trinajstić information content (AvgIpc) is 2.29. The second-order valence-corrected chi connectivity index (χ2v) is 4.53. The van der Waals surface area contributed by atoms with Crippen LogP contribution in [0.15, 0.2) is 53.0 Å². The Bertz CT molecular complexity index is 532. The fourth-order valence-corrected chi connectivity index (χ4v) is 2.10. The maximum Gasteiger partial charge on any atom is 0.160 e. The van der Waals surface area contributed by atoms with E-state index < -0.39 is 0 Å². The summed E-state index contributed by atoms with van der Waals surface area (Å²) in [7, 11) is 0. The van der Waals surface area contributed by atoms with Crippen LogP contribution in [0.25, 0.3) is 11.1 Å². The van der Waals surface area contributed by atoms with E-state index in [1.807, 2.05) is 48.5 Å². The third kappa shape index (κ3) is 2.22. The highest BCUT2D eigenvalue weighted by Gasteiger charge is 2.07. The number of Topliss-reactive ketones (excluding diaryl/α,β-unsaturated/α-hetero) is 1. The Kier molecular flexibility index (Phi) is 3.20. The standard InChI is InChI=1S/C14H11BrO/c1-10(16)13-7-2-3-8-14(13)11-5-4-6-12(15)9-11/h2-9H,1H3. The number of halogens is 1. The molecule has 0 bridgehead atoms. The third-order valence-electron chi connectivity index (χ3n) is 2.44. The number of carbonyl (C=O) groups is 1. The smallest absolute Gasteiger partial charge is 0.160 e. The van der Waals surface area contributed by atoms with Crippen LogP contribution in [-0.2, 0) is 0 Å². The lowest BCUT2D eigenvalue weighted by Crippen LogP contribution is -1.95. The van der Waals surface area contributed by atoms with Crippen LogP contribution in [0.1, 0.15) is 17.3 Å². The van der Waals surface area contributed by atoms with Gasteiger partial charge in [-0.1, -0.05) is 52.3 Å². The molecule has 0 aliphatic heterocycles. The molecule has 0 N–H and O–H groups in total. The molecule has 0 saturated heterocycles. The summed E-state index contributed by atoms with van der Waals surface area (Å²) < 4.78 is 1.02. The first-order valence-electron chi connectivity index (χ1n) is 5.04. The molecule has 0 aromatic heterocycles. The van der Waals surface area contributed by atoms with Crippen molar-refractivity contribution in [1.82, 2.24) is 0 Å². The van der Waals surface area contributed by atoms with Crippen LogP contribution in [0.2, 0.25) is 0 Å². The number of carbonyl (C=O) groups excluding carboxylic acids is 1. The molecule has 1 nitrogen and oxygen atoms in total. The maximum absolute atomic E-state index is 11.5. The molecule has 0 saturated carbocycles. The SMILES string of the molecule is CC(=O)c1ccccc1-c1cccc(Br)c1. The van der Waals surface area contributed by atoms with Crippen molar-refractivity contribution in [2.45, 2.75) is 6.92 Å². The van der Waals surface area contributed by atoms with Crippen LogP contribution in [-0.4, -0.2) is 5.78 Å². The average molecular weight is 275 g/mol. The number of hydrogen-bond donors (Lipinski definition) is 0. The van der Waals surface area contributed by atoms with Gasteiger partial charge in [-0.05, 0) is 30.2 Å². The molecule has 0 spiro atoms. The normalized spacial score (nSPS) is 10.1. The van der Waals surface area contributed by atoms with Gasteiger partial charge in [-0.3, -0.25) is 4.79 Å².